The Morgan fingerprint density at radius 3 is 2.61 bits per heavy atom. The lowest BCUT2D eigenvalue weighted by molar-refractivity contribution is -0.142. The molecule has 4 heterocycles. The Balaban J connectivity index is 1.44. The molecular weight excluding hydrogens is 406 g/mol. The maximum Gasteiger partial charge on any atom is 0.274 e. The minimum atomic E-state index is -0.970. The Morgan fingerprint density at radius 1 is 1.29 bits per heavy atom. The highest BCUT2D eigenvalue weighted by atomic mass is 19.1. The number of carbonyl (C=O) groups is 2. The lowest BCUT2D eigenvalue weighted by atomic mass is 9.89. The van der Waals surface area contributed by atoms with Gasteiger partial charge in [0.15, 0.2) is 5.60 Å². The maximum atomic E-state index is 13.9. The molecule has 1 spiro atoms. The van der Waals surface area contributed by atoms with Gasteiger partial charge in [-0.05, 0) is 37.5 Å². The first-order chi connectivity index (χ1) is 14.7. The van der Waals surface area contributed by atoms with E-state index in [9.17, 15) is 18.4 Å². The lowest BCUT2D eigenvalue weighted by Crippen LogP contribution is -2.52. The van der Waals surface area contributed by atoms with E-state index in [2.05, 4.69) is 11.7 Å². The van der Waals surface area contributed by atoms with Crippen LogP contribution in [0.25, 0.3) is 0 Å². The van der Waals surface area contributed by atoms with Crippen molar-refractivity contribution in [3.8, 4) is 0 Å². The predicted octanol–water partition coefficient (Wildman–Crippen LogP) is 3.03. The van der Waals surface area contributed by atoms with E-state index in [1.54, 1.807) is 33.8 Å². The van der Waals surface area contributed by atoms with Crippen molar-refractivity contribution in [3.05, 3.63) is 53.9 Å². The van der Waals surface area contributed by atoms with Crippen LogP contribution in [0, 0.1) is 0 Å². The monoisotopic (exact) mass is 432 g/mol. The first-order valence-electron chi connectivity index (χ1n) is 10.4. The molecule has 0 radical (unpaired) electrons. The van der Waals surface area contributed by atoms with Crippen molar-refractivity contribution >= 4 is 11.8 Å². The summed E-state index contributed by atoms with van der Waals surface area (Å²) >= 11 is 0. The molecule has 3 saturated heterocycles. The Kier molecular flexibility index (Phi) is 5.55. The highest BCUT2D eigenvalue weighted by Crippen LogP contribution is 2.44. The number of carbonyl (C=O) groups excluding carboxylic acids is 2. The topological polar surface area (TPSA) is 67.7 Å². The zero-order chi connectivity index (χ0) is 22.3. The minimum Gasteiger partial charge on any atom is -0.342 e. The van der Waals surface area contributed by atoms with Gasteiger partial charge in [-0.3, -0.25) is 14.3 Å². The van der Waals surface area contributed by atoms with Crippen LogP contribution in [0.5, 0.6) is 0 Å². The Labute approximate surface area is 179 Å². The van der Waals surface area contributed by atoms with Gasteiger partial charge >= 0.3 is 0 Å². The van der Waals surface area contributed by atoms with Crippen molar-refractivity contribution < 1.29 is 23.1 Å². The molecule has 3 aliphatic heterocycles. The van der Waals surface area contributed by atoms with Crippen molar-refractivity contribution in [2.75, 3.05) is 13.1 Å². The average Bonchev–Trinajstić information content (AvgIpc) is 3.38. The van der Waals surface area contributed by atoms with Crippen molar-refractivity contribution in [2.24, 2.45) is 7.05 Å². The van der Waals surface area contributed by atoms with Crippen LogP contribution in [0.15, 0.2) is 48.2 Å². The number of hydrogen-bond acceptors (Lipinski definition) is 4. The van der Waals surface area contributed by atoms with E-state index in [4.69, 9.17) is 4.74 Å². The summed E-state index contributed by atoms with van der Waals surface area (Å²) < 4.78 is 34.6. The van der Waals surface area contributed by atoms with E-state index < -0.39 is 17.3 Å². The Bertz CT molecular complexity index is 971. The standard InChI is InChI=1S/C22H26F2N4O3/c1-14(12-16(24)13-15(2)23)18-4-5-19-28(18)21(30)22(31-19)7-10-27(11-8-22)20(29)17-6-9-26(3)25-17/h6,9,12-13,18-19H,1,4-5,7-8,10-11H2,2-3H3/b15-13+,16-12+/t18-,19+/m0/s1. The van der Waals surface area contributed by atoms with Crippen LogP contribution >= 0.6 is 0 Å². The molecule has 9 heteroatoms. The molecule has 0 aliphatic carbocycles. The van der Waals surface area contributed by atoms with Crippen molar-refractivity contribution in [3.63, 3.8) is 0 Å². The van der Waals surface area contributed by atoms with Gasteiger partial charge < -0.3 is 14.5 Å². The second kappa shape index (κ2) is 8.03. The molecule has 2 amide bonds. The fourth-order valence-corrected chi connectivity index (χ4v) is 4.68. The quantitative estimate of drug-likeness (QED) is 0.686. The van der Waals surface area contributed by atoms with Crippen molar-refractivity contribution in [1.29, 1.82) is 0 Å². The number of fused-ring (bicyclic) bond motifs is 1. The number of rotatable bonds is 4. The molecule has 3 aliphatic rings. The van der Waals surface area contributed by atoms with Crippen LogP contribution < -0.4 is 0 Å². The van der Waals surface area contributed by atoms with Crippen LogP contribution in [0.3, 0.4) is 0 Å². The SMILES string of the molecule is C=C(/C=C(F)\C=C(/C)F)[C@@H]1CC[C@H]2OC3(CCN(C(=O)c4ccn(C)n4)CC3)C(=O)N21. The number of piperidine rings is 1. The third-order valence-corrected chi connectivity index (χ3v) is 6.20. The number of amides is 2. The highest BCUT2D eigenvalue weighted by molar-refractivity contribution is 5.93. The lowest BCUT2D eigenvalue weighted by Gasteiger charge is -2.37. The van der Waals surface area contributed by atoms with Gasteiger partial charge in [-0.1, -0.05) is 6.58 Å². The summed E-state index contributed by atoms with van der Waals surface area (Å²) in [4.78, 5) is 29.3. The van der Waals surface area contributed by atoms with Crippen LogP contribution in [-0.4, -0.2) is 62.4 Å². The number of hydrogen-bond donors (Lipinski definition) is 0. The van der Waals surface area contributed by atoms with Crippen LogP contribution in [0.4, 0.5) is 8.78 Å². The minimum absolute atomic E-state index is 0.142. The van der Waals surface area contributed by atoms with Gasteiger partial charge in [0.2, 0.25) is 0 Å². The molecule has 0 unspecified atom stereocenters. The Hall–Kier alpha value is -2.81. The molecule has 0 saturated carbocycles. The average molecular weight is 432 g/mol. The molecule has 0 bridgehead atoms. The predicted molar refractivity (Wildman–Crippen MR) is 109 cm³/mol. The molecule has 166 valence electrons. The number of allylic oxidation sites excluding steroid dienone is 3. The van der Waals surface area contributed by atoms with Gasteiger partial charge in [0.05, 0.1) is 11.9 Å². The normalized spacial score (nSPS) is 26.0. The molecule has 0 N–H and O–H groups in total. The summed E-state index contributed by atoms with van der Waals surface area (Å²) in [7, 11) is 1.75. The van der Waals surface area contributed by atoms with Gasteiger partial charge in [0.25, 0.3) is 11.8 Å². The van der Waals surface area contributed by atoms with E-state index in [1.165, 1.54) is 6.08 Å². The maximum absolute atomic E-state index is 13.9. The first kappa shape index (κ1) is 21.4. The Morgan fingerprint density at radius 2 is 2.00 bits per heavy atom. The summed E-state index contributed by atoms with van der Waals surface area (Å²) in [5, 5.41) is 4.15. The fraction of sp³-hybridized carbons (Fsp3) is 0.500. The summed E-state index contributed by atoms with van der Waals surface area (Å²) in [6.45, 7) is 5.85. The molecule has 0 aromatic carbocycles. The van der Waals surface area contributed by atoms with Crippen LogP contribution in [-0.2, 0) is 16.6 Å². The smallest absolute Gasteiger partial charge is 0.274 e. The molecule has 3 fully saturated rings. The van der Waals surface area contributed by atoms with E-state index in [1.807, 2.05) is 0 Å². The summed E-state index contributed by atoms with van der Waals surface area (Å²) in [6, 6.07) is 1.28. The second-order valence-electron chi connectivity index (χ2n) is 8.37. The van der Waals surface area contributed by atoms with Gasteiger partial charge in [0.1, 0.15) is 17.7 Å². The van der Waals surface area contributed by atoms with Gasteiger partial charge in [0, 0.05) is 45.3 Å². The van der Waals surface area contributed by atoms with E-state index >= 15 is 0 Å². The third kappa shape index (κ3) is 3.94. The number of aryl methyl sites for hydroxylation is 1. The third-order valence-electron chi connectivity index (χ3n) is 6.20. The second-order valence-corrected chi connectivity index (χ2v) is 8.37. The summed E-state index contributed by atoms with van der Waals surface area (Å²) in [5.41, 5.74) is -0.183. The van der Waals surface area contributed by atoms with Crippen LogP contribution in [0.1, 0.15) is 43.1 Å². The first-order valence-corrected chi connectivity index (χ1v) is 10.4. The number of aromatic nitrogens is 2. The van der Waals surface area contributed by atoms with E-state index in [0.717, 1.165) is 13.0 Å². The fourth-order valence-electron chi connectivity index (χ4n) is 4.68. The van der Waals surface area contributed by atoms with Crippen molar-refractivity contribution in [2.45, 2.75) is 50.5 Å². The molecule has 31 heavy (non-hydrogen) atoms. The molecule has 1 aromatic heterocycles. The summed E-state index contributed by atoms with van der Waals surface area (Å²) in [6.07, 6.45) is 5.31. The van der Waals surface area contributed by atoms with Gasteiger partial charge in [-0.25, -0.2) is 8.78 Å². The molecule has 1 aromatic rings. The van der Waals surface area contributed by atoms with Crippen LogP contribution in [0.2, 0.25) is 0 Å². The highest BCUT2D eigenvalue weighted by Gasteiger charge is 2.58. The molecule has 7 nitrogen and oxygen atoms in total. The number of nitrogens with zero attached hydrogens (tertiary/aromatic N) is 4. The zero-order valence-electron chi connectivity index (χ0n) is 17.7. The van der Waals surface area contributed by atoms with E-state index in [0.29, 0.717) is 50.0 Å². The van der Waals surface area contributed by atoms with Gasteiger partial charge in [-0.2, -0.15) is 5.10 Å². The number of halogens is 2. The van der Waals surface area contributed by atoms with E-state index in [-0.39, 0.29) is 24.1 Å². The number of likely N-dealkylation sites (tertiary alicyclic amines) is 1. The molecule has 4 rings (SSSR count). The zero-order valence-corrected chi connectivity index (χ0v) is 17.7. The summed E-state index contributed by atoms with van der Waals surface area (Å²) in [5.74, 6) is -1.68. The number of ether oxygens (including phenoxy) is 1. The largest absolute Gasteiger partial charge is 0.342 e. The molecule has 2 atom stereocenters. The van der Waals surface area contributed by atoms with Gasteiger partial charge in [-0.15, -0.1) is 0 Å². The molecular formula is C22H26F2N4O3. The van der Waals surface area contributed by atoms with Crippen molar-refractivity contribution in [1.82, 2.24) is 19.6 Å².